The number of hydrogen-bond acceptors (Lipinski definition) is 5. The van der Waals surface area contributed by atoms with Crippen LogP contribution < -0.4 is 4.90 Å². The average molecular weight is 285 g/mol. The molecule has 3 rings (SSSR count). The zero-order valence-corrected chi connectivity index (χ0v) is 12.2. The molecule has 3 aromatic rings. The van der Waals surface area contributed by atoms with Crippen LogP contribution in [0.4, 0.5) is 5.13 Å². The van der Waals surface area contributed by atoms with Gasteiger partial charge in [0.15, 0.2) is 0 Å². The van der Waals surface area contributed by atoms with Crippen LogP contribution in [0.25, 0.3) is 10.6 Å². The third-order valence-corrected chi connectivity index (χ3v) is 4.19. The standard InChI is InChI=1S/C14H15N5S/c1-10-12(8-15-16-10)9-19(2)14-18-17-13(20-14)11-6-4-3-5-7-11/h3-8H,9H2,1-2H3,(H,15,16). The van der Waals surface area contributed by atoms with Crippen LogP contribution in [0.15, 0.2) is 36.5 Å². The number of aromatic nitrogens is 4. The van der Waals surface area contributed by atoms with Crippen molar-refractivity contribution in [1.82, 2.24) is 20.4 Å². The number of H-pyrrole nitrogens is 1. The van der Waals surface area contributed by atoms with Crippen molar-refractivity contribution in [3.8, 4) is 10.6 Å². The highest BCUT2D eigenvalue weighted by Gasteiger charge is 2.12. The number of anilines is 1. The molecule has 2 heterocycles. The first-order valence-corrected chi connectivity index (χ1v) is 7.14. The third kappa shape index (κ3) is 2.55. The Balaban J connectivity index is 1.78. The molecule has 0 saturated carbocycles. The van der Waals surface area contributed by atoms with Gasteiger partial charge in [-0.2, -0.15) is 5.10 Å². The van der Waals surface area contributed by atoms with Gasteiger partial charge in [0.1, 0.15) is 5.01 Å². The zero-order chi connectivity index (χ0) is 13.9. The number of nitrogens with zero attached hydrogens (tertiary/aromatic N) is 4. The van der Waals surface area contributed by atoms with Crippen LogP contribution in [0.5, 0.6) is 0 Å². The van der Waals surface area contributed by atoms with Gasteiger partial charge >= 0.3 is 0 Å². The minimum absolute atomic E-state index is 0.770. The predicted molar refractivity (Wildman–Crippen MR) is 80.8 cm³/mol. The SMILES string of the molecule is Cc1[nH]ncc1CN(C)c1nnc(-c2ccccc2)s1. The Morgan fingerprint density at radius 1 is 1.20 bits per heavy atom. The monoisotopic (exact) mass is 285 g/mol. The van der Waals surface area contributed by atoms with Crippen LogP contribution in [0, 0.1) is 6.92 Å². The van der Waals surface area contributed by atoms with Crippen LogP contribution in [-0.2, 0) is 6.54 Å². The smallest absolute Gasteiger partial charge is 0.208 e. The van der Waals surface area contributed by atoms with Gasteiger partial charge in [-0.1, -0.05) is 41.7 Å². The van der Waals surface area contributed by atoms with Crippen LogP contribution >= 0.6 is 11.3 Å². The summed E-state index contributed by atoms with van der Waals surface area (Å²) in [5.41, 5.74) is 3.36. The molecule has 1 aromatic carbocycles. The first-order valence-electron chi connectivity index (χ1n) is 6.33. The summed E-state index contributed by atoms with van der Waals surface area (Å²) >= 11 is 1.59. The van der Waals surface area contributed by atoms with E-state index in [0.29, 0.717) is 0 Å². The lowest BCUT2D eigenvalue weighted by Crippen LogP contribution is -2.16. The van der Waals surface area contributed by atoms with E-state index >= 15 is 0 Å². The van der Waals surface area contributed by atoms with Crippen molar-refractivity contribution in [3.63, 3.8) is 0 Å². The molecule has 2 aromatic heterocycles. The van der Waals surface area contributed by atoms with Crippen LogP contribution in [0.2, 0.25) is 0 Å². The summed E-state index contributed by atoms with van der Waals surface area (Å²) in [6.45, 7) is 2.79. The normalized spacial score (nSPS) is 10.7. The lowest BCUT2D eigenvalue weighted by atomic mass is 10.2. The van der Waals surface area contributed by atoms with Crippen molar-refractivity contribution in [2.75, 3.05) is 11.9 Å². The van der Waals surface area contributed by atoms with E-state index in [2.05, 4.69) is 25.3 Å². The highest BCUT2D eigenvalue weighted by Crippen LogP contribution is 2.28. The minimum atomic E-state index is 0.770. The molecule has 0 spiro atoms. The summed E-state index contributed by atoms with van der Waals surface area (Å²) in [7, 11) is 2.02. The van der Waals surface area contributed by atoms with Gasteiger partial charge in [-0.3, -0.25) is 5.10 Å². The number of hydrogen-bond donors (Lipinski definition) is 1. The van der Waals surface area contributed by atoms with Gasteiger partial charge < -0.3 is 4.90 Å². The molecule has 0 fully saturated rings. The van der Waals surface area contributed by atoms with Crippen molar-refractivity contribution in [2.24, 2.45) is 0 Å². The third-order valence-electron chi connectivity index (χ3n) is 3.10. The van der Waals surface area contributed by atoms with Gasteiger partial charge in [-0.05, 0) is 6.92 Å². The van der Waals surface area contributed by atoms with Crippen LogP contribution in [-0.4, -0.2) is 27.4 Å². The minimum Gasteiger partial charge on any atom is -0.345 e. The molecule has 0 aliphatic rings. The molecule has 102 valence electrons. The van der Waals surface area contributed by atoms with Crippen molar-refractivity contribution < 1.29 is 0 Å². The maximum Gasteiger partial charge on any atom is 0.208 e. The number of rotatable bonds is 4. The molecular formula is C14H15N5S. The molecule has 0 radical (unpaired) electrons. The first-order chi connectivity index (χ1) is 9.74. The molecule has 0 unspecified atom stereocenters. The zero-order valence-electron chi connectivity index (χ0n) is 11.4. The number of nitrogens with one attached hydrogen (secondary N) is 1. The van der Waals surface area contributed by atoms with Crippen molar-refractivity contribution in [3.05, 3.63) is 47.8 Å². The first kappa shape index (κ1) is 12.8. The summed E-state index contributed by atoms with van der Waals surface area (Å²) < 4.78 is 0. The lowest BCUT2D eigenvalue weighted by Gasteiger charge is -2.13. The molecule has 0 saturated heterocycles. The van der Waals surface area contributed by atoms with Gasteiger partial charge in [0.05, 0.1) is 6.20 Å². The molecular weight excluding hydrogens is 270 g/mol. The molecule has 0 aliphatic carbocycles. The predicted octanol–water partition coefficient (Wildman–Crippen LogP) is 2.87. The van der Waals surface area contributed by atoms with Crippen LogP contribution in [0.1, 0.15) is 11.3 Å². The molecule has 0 atom stereocenters. The summed E-state index contributed by atoms with van der Waals surface area (Å²) in [5, 5.41) is 17.4. The molecule has 1 N–H and O–H groups in total. The summed E-state index contributed by atoms with van der Waals surface area (Å²) in [6.07, 6.45) is 1.85. The van der Waals surface area contributed by atoms with E-state index in [-0.39, 0.29) is 0 Å². The van der Waals surface area contributed by atoms with Gasteiger partial charge in [-0.25, -0.2) is 0 Å². The van der Waals surface area contributed by atoms with Gasteiger partial charge in [0.25, 0.3) is 0 Å². The second kappa shape index (κ2) is 5.42. The Kier molecular flexibility index (Phi) is 3.47. The van der Waals surface area contributed by atoms with E-state index in [1.807, 2.05) is 50.5 Å². The molecule has 0 amide bonds. The highest BCUT2D eigenvalue weighted by atomic mass is 32.1. The fraction of sp³-hybridized carbons (Fsp3) is 0.214. The maximum atomic E-state index is 4.27. The molecule has 6 heteroatoms. The highest BCUT2D eigenvalue weighted by molar-refractivity contribution is 7.18. The fourth-order valence-corrected chi connectivity index (χ4v) is 2.74. The number of aryl methyl sites for hydroxylation is 1. The molecule has 5 nitrogen and oxygen atoms in total. The number of aromatic amines is 1. The van der Waals surface area contributed by atoms with Gasteiger partial charge in [0, 0.05) is 30.4 Å². The van der Waals surface area contributed by atoms with Crippen molar-refractivity contribution in [2.45, 2.75) is 13.5 Å². The second-order valence-corrected chi connectivity index (χ2v) is 5.59. The number of benzene rings is 1. The Bertz CT molecular complexity index is 688. The Morgan fingerprint density at radius 3 is 2.70 bits per heavy atom. The summed E-state index contributed by atoms with van der Waals surface area (Å²) in [6, 6.07) is 10.1. The van der Waals surface area contributed by atoms with Gasteiger partial charge in [-0.15, -0.1) is 10.2 Å². The average Bonchev–Trinajstić information content (AvgIpc) is 3.10. The molecule has 0 bridgehead atoms. The van der Waals surface area contributed by atoms with E-state index in [9.17, 15) is 0 Å². The van der Waals surface area contributed by atoms with E-state index in [0.717, 1.165) is 27.9 Å². The Hall–Kier alpha value is -2.21. The largest absolute Gasteiger partial charge is 0.345 e. The quantitative estimate of drug-likeness (QED) is 0.801. The fourth-order valence-electron chi connectivity index (χ4n) is 1.93. The lowest BCUT2D eigenvalue weighted by molar-refractivity contribution is 0.888. The second-order valence-electron chi connectivity index (χ2n) is 4.63. The van der Waals surface area contributed by atoms with E-state index in [1.54, 1.807) is 11.3 Å². The van der Waals surface area contributed by atoms with Crippen molar-refractivity contribution in [1.29, 1.82) is 0 Å². The molecule has 0 aliphatic heterocycles. The summed E-state index contributed by atoms with van der Waals surface area (Å²) in [5.74, 6) is 0. The van der Waals surface area contributed by atoms with Crippen molar-refractivity contribution >= 4 is 16.5 Å². The maximum absolute atomic E-state index is 4.27. The van der Waals surface area contributed by atoms with Gasteiger partial charge in [0.2, 0.25) is 5.13 Å². The topological polar surface area (TPSA) is 57.7 Å². The van der Waals surface area contributed by atoms with E-state index < -0.39 is 0 Å². The molecule has 20 heavy (non-hydrogen) atoms. The Morgan fingerprint density at radius 2 is 2.00 bits per heavy atom. The van der Waals surface area contributed by atoms with Crippen LogP contribution in [0.3, 0.4) is 0 Å². The van der Waals surface area contributed by atoms with E-state index in [4.69, 9.17) is 0 Å². The van der Waals surface area contributed by atoms with E-state index in [1.165, 1.54) is 5.56 Å². The summed E-state index contributed by atoms with van der Waals surface area (Å²) in [4.78, 5) is 2.09. The Labute approximate surface area is 121 Å².